The van der Waals surface area contributed by atoms with Crippen LogP contribution in [0, 0.1) is 0 Å². The summed E-state index contributed by atoms with van der Waals surface area (Å²) in [5.41, 5.74) is 2.66. The predicted octanol–water partition coefficient (Wildman–Crippen LogP) is 3.48. The second-order valence-electron chi connectivity index (χ2n) is 6.73. The van der Waals surface area contributed by atoms with Crippen molar-refractivity contribution >= 4 is 18.3 Å². The highest BCUT2D eigenvalue weighted by Crippen LogP contribution is 2.05. The van der Waals surface area contributed by atoms with Gasteiger partial charge >= 0.3 is 18.3 Å². The zero-order valence-corrected chi connectivity index (χ0v) is 18.1. The van der Waals surface area contributed by atoms with E-state index in [2.05, 4.69) is 16.0 Å². The lowest BCUT2D eigenvalue weighted by molar-refractivity contribution is 0.134. The van der Waals surface area contributed by atoms with Crippen LogP contribution in [0.25, 0.3) is 0 Å². The van der Waals surface area contributed by atoms with Crippen molar-refractivity contribution in [3.63, 3.8) is 0 Å². The summed E-state index contributed by atoms with van der Waals surface area (Å²) >= 11 is 0. The largest absolute Gasteiger partial charge is 0.450 e. The number of alkyl carbamates (subject to hydrolysis) is 3. The summed E-state index contributed by atoms with van der Waals surface area (Å²) in [6.07, 6.45) is -1.08. The molecule has 0 aliphatic carbocycles. The van der Waals surface area contributed by atoms with E-state index in [0.29, 0.717) is 26.1 Å². The summed E-state index contributed by atoms with van der Waals surface area (Å²) in [5, 5.41) is 7.91. The fourth-order valence-electron chi connectivity index (χ4n) is 2.63. The van der Waals surface area contributed by atoms with Gasteiger partial charge in [-0.1, -0.05) is 54.6 Å². The lowest BCUT2D eigenvalue weighted by Gasteiger charge is -2.10. The fraction of sp³-hybridized carbons (Fsp3) is 0.348. The first-order chi connectivity index (χ1) is 15.6. The van der Waals surface area contributed by atoms with Gasteiger partial charge in [0.25, 0.3) is 0 Å². The van der Waals surface area contributed by atoms with E-state index in [1.165, 1.54) is 0 Å². The van der Waals surface area contributed by atoms with Gasteiger partial charge in [-0.25, -0.2) is 14.4 Å². The van der Waals surface area contributed by atoms with E-state index in [1.807, 2.05) is 54.6 Å². The maximum Gasteiger partial charge on any atom is 0.407 e. The van der Waals surface area contributed by atoms with Crippen LogP contribution in [0.4, 0.5) is 14.4 Å². The molecule has 0 fully saturated rings. The molecule has 0 spiro atoms. The van der Waals surface area contributed by atoms with Crippen LogP contribution in [0.3, 0.4) is 0 Å². The Balaban J connectivity index is 1.55. The zero-order chi connectivity index (χ0) is 23.0. The molecule has 0 heterocycles. The molecule has 0 atom stereocenters. The molecule has 0 aromatic heterocycles. The molecule has 0 aliphatic rings. The van der Waals surface area contributed by atoms with Crippen LogP contribution in [0.2, 0.25) is 0 Å². The topological polar surface area (TPSA) is 115 Å². The Kier molecular flexibility index (Phi) is 10.9. The van der Waals surface area contributed by atoms with E-state index in [0.717, 1.165) is 16.7 Å². The van der Waals surface area contributed by atoms with E-state index in [1.54, 1.807) is 6.92 Å². The van der Waals surface area contributed by atoms with Crippen LogP contribution in [-0.2, 0) is 33.9 Å². The smallest absolute Gasteiger partial charge is 0.407 e. The van der Waals surface area contributed by atoms with Crippen molar-refractivity contribution in [2.45, 2.75) is 33.0 Å². The summed E-state index contributed by atoms with van der Waals surface area (Å²) in [5.74, 6) is 0. The molecule has 0 saturated heterocycles. The van der Waals surface area contributed by atoms with Crippen molar-refractivity contribution < 1.29 is 28.6 Å². The Morgan fingerprint density at radius 2 is 1.31 bits per heavy atom. The zero-order valence-electron chi connectivity index (χ0n) is 18.1. The van der Waals surface area contributed by atoms with Gasteiger partial charge in [-0.05, 0) is 30.0 Å². The van der Waals surface area contributed by atoms with Crippen LogP contribution >= 0.6 is 0 Å². The molecule has 2 aromatic carbocycles. The number of carbonyl (C=O) groups is 3. The molecule has 9 nitrogen and oxygen atoms in total. The van der Waals surface area contributed by atoms with E-state index in [9.17, 15) is 14.4 Å². The highest BCUT2D eigenvalue weighted by atomic mass is 16.6. The number of carbonyl (C=O) groups excluding carboxylic acids is 3. The minimum atomic E-state index is -0.549. The average molecular weight is 444 g/mol. The van der Waals surface area contributed by atoms with Crippen LogP contribution in [-0.4, -0.2) is 38.0 Å². The summed E-state index contributed by atoms with van der Waals surface area (Å²) in [6, 6.07) is 16.8. The standard InChI is InChI=1S/C23H29N3O6/c1-2-30-22(28)25-15-19-10-6-11-20(14-19)16-26-23(29)31-13-7-12-24-21(27)32-17-18-8-4-3-5-9-18/h3-6,8-11,14H,2,7,12-13,15-17H2,1H3,(H,24,27)(H,25,28)(H,26,29). The molecule has 2 rings (SSSR count). The number of hydrogen-bond acceptors (Lipinski definition) is 6. The van der Waals surface area contributed by atoms with E-state index in [4.69, 9.17) is 14.2 Å². The maximum absolute atomic E-state index is 11.8. The Hall–Kier alpha value is -3.75. The molecule has 0 unspecified atom stereocenters. The normalized spacial score (nSPS) is 10.0. The number of nitrogens with one attached hydrogen (secondary N) is 3. The van der Waals surface area contributed by atoms with Gasteiger partial charge in [-0.15, -0.1) is 0 Å². The van der Waals surface area contributed by atoms with Crippen LogP contribution in [0.1, 0.15) is 30.0 Å². The molecular formula is C23H29N3O6. The molecule has 32 heavy (non-hydrogen) atoms. The van der Waals surface area contributed by atoms with Gasteiger partial charge in [0.15, 0.2) is 0 Å². The van der Waals surface area contributed by atoms with Crippen LogP contribution in [0.5, 0.6) is 0 Å². The van der Waals surface area contributed by atoms with Gasteiger partial charge in [-0.3, -0.25) is 0 Å². The quantitative estimate of drug-likeness (QED) is 0.362. The summed E-state index contributed by atoms with van der Waals surface area (Å²) in [7, 11) is 0. The highest BCUT2D eigenvalue weighted by Gasteiger charge is 2.05. The van der Waals surface area contributed by atoms with Gasteiger partial charge in [0, 0.05) is 19.6 Å². The second-order valence-corrected chi connectivity index (χ2v) is 6.73. The third kappa shape index (κ3) is 10.3. The van der Waals surface area contributed by atoms with Crippen molar-refractivity contribution in [3.05, 3.63) is 71.3 Å². The van der Waals surface area contributed by atoms with Crippen LogP contribution < -0.4 is 16.0 Å². The third-order valence-corrected chi connectivity index (χ3v) is 4.18. The Bertz CT molecular complexity index is 860. The number of ether oxygens (including phenoxy) is 3. The monoisotopic (exact) mass is 443 g/mol. The molecule has 0 radical (unpaired) electrons. The lowest BCUT2D eigenvalue weighted by Crippen LogP contribution is -2.28. The summed E-state index contributed by atoms with van der Waals surface area (Å²) in [6.45, 7) is 3.36. The fourth-order valence-corrected chi connectivity index (χ4v) is 2.63. The minimum absolute atomic E-state index is 0.161. The molecule has 3 amide bonds. The van der Waals surface area contributed by atoms with Gasteiger partial charge < -0.3 is 30.2 Å². The Morgan fingerprint density at radius 1 is 0.719 bits per heavy atom. The molecule has 9 heteroatoms. The molecule has 0 saturated carbocycles. The number of amides is 3. The molecule has 3 N–H and O–H groups in total. The first-order valence-electron chi connectivity index (χ1n) is 10.4. The number of rotatable bonds is 11. The summed E-state index contributed by atoms with van der Waals surface area (Å²) in [4.78, 5) is 34.8. The molecule has 0 bridgehead atoms. The lowest BCUT2D eigenvalue weighted by atomic mass is 10.1. The SMILES string of the molecule is CCOC(=O)NCc1cccc(CNC(=O)OCCCNC(=O)OCc2ccccc2)c1. The maximum atomic E-state index is 11.8. The Morgan fingerprint density at radius 3 is 1.97 bits per heavy atom. The van der Waals surface area contributed by atoms with Gasteiger partial charge in [0.2, 0.25) is 0 Å². The van der Waals surface area contributed by atoms with Crippen molar-refractivity contribution in [3.8, 4) is 0 Å². The van der Waals surface area contributed by atoms with Crippen molar-refractivity contribution in [1.29, 1.82) is 0 Å². The molecule has 172 valence electrons. The van der Waals surface area contributed by atoms with Crippen molar-refractivity contribution in [2.24, 2.45) is 0 Å². The minimum Gasteiger partial charge on any atom is -0.450 e. The molecule has 2 aromatic rings. The van der Waals surface area contributed by atoms with E-state index < -0.39 is 18.3 Å². The first-order valence-corrected chi connectivity index (χ1v) is 10.4. The second kappa shape index (κ2) is 14.3. The molecule has 0 aliphatic heterocycles. The highest BCUT2D eigenvalue weighted by molar-refractivity contribution is 5.68. The number of hydrogen-bond donors (Lipinski definition) is 3. The summed E-state index contributed by atoms with van der Waals surface area (Å²) < 4.78 is 15.0. The number of benzene rings is 2. The van der Waals surface area contributed by atoms with Crippen molar-refractivity contribution in [1.82, 2.24) is 16.0 Å². The van der Waals surface area contributed by atoms with E-state index in [-0.39, 0.29) is 19.8 Å². The third-order valence-electron chi connectivity index (χ3n) is 4.18. The van der Waals surface area contributed by atoms with E-state index >= 15 is 0 Å². The van der Waals surface area contributed by atoms with Crippen LogP contribution in [0.15, 0.2) is 54.6 Å². The van der Waals surface area contributed by atoms with Crippen molar-refractivity contribution in [2.75, 3.05) is 19.8 Å². The van der Waals surface area contributed by atoms with Gasteiger partial charge in [0.05, 0.1) is 13.2 Å². The predicted molar refractivity (Wildman–Crippen MR) is 118 cm³/mol. The molecular weight excluding hydrogens is 414 g/mol. The van der Waals surface area contributed by atoms with Gasteiger partial charge in [0.1, 0.15) is 6.61 Å². The first kappa shape index (κ1) is 24.5. The van der Waals surface area contributed by atoms with Gasteiger partial charge in [-0.2, -0.15) is 0 Å². The average Bonchev–Trinajstić information content (AvgIpc) is 2.81. The Labute approximate surface area is 187 Å².